The van der Waals surface area contributed by atoms with Gasteiger partial charge in [0.1, 0.15) is 11.3 Å². The van der Waals surface area contributed by atoms with Crippen LogP contribution in [0.5, 0.6) is 0 Å². The zero-order valence-corrected chi connectivity index (χ0v) is 12.2. The number of amides is 1. The van der Waals surface area contributed by atoms with Gasteiger partial charge in [-0.1, -0.05) is 23.7 Å². The molecule has 0 spiro atoms. The highest BCUT2D eigenvalue weighted by Gasteiger charge is 2.17. The molecule has 1 aromatic heterocycles. The van der Waals surface area contributed by atoms with Crippen LogP contribution in [-0.4, -0.2) is 15.8 Å². The number of pyridine rings is 1. The number of anilines is 1. The Kier molecular flexibility index (Phi) is 4.31. The average molecular weight is 357 g/mol. The number of carbonyl (C=O) groups excluding carboxylic acids is 1. The predicted octanol–water partition coefficient (Wildman–Crippen LogP) is 3.66. The third kappa shape index (κ3) is 3.12. The van der Waals surface area contributed by atoms with Gasteiger partial charge >= 0.3 is 0 Å². The van der Waals surface area contributed by atoms with E-state index in [0.29, 0.717) is 10.2 Å². The summed E-state index contributed by atoms with van der Waals surface area (Å²) in [5.41, 5.74) is 0.170. The normalized spacial score (nSPS) is 10.1. The number of hydrogen-bond acceptors (Lipinski definition) is 4. The van der Waals surface area contributed by atoms with E-state index in [1.165, 1.54) is 0 Å². The second-order valence-electron chi connectivity index (χ2n) is 3.72. The van der Waals surface area contributed by atoms with Gasteiger partial charge in [-0.2, -0.15) is 0 Å². The summed E-state index contributed by atoms with van der Waals surface area (Å²) in [5, 5.41) is 13.2. The van der Waals surface area contributed by atoms with Gasteiger partial charge in [0.25, 0.3) is 11.6 Å². The van der Waals surface area contributed by atoms with E-state index in [2.05, 4.69) is 26.2 Å². The fourth-order valence-electron chi connectivity index (χ4n) is 1.45. The maximum absolute atomic E-state index is 12.1. The van der Waals surface area contributed by atoms with Crippen LogP contribution in [0.3, 0.4) is 0 Å². The number of rotatable bonds is 3. The molecule has 6 nitrogen and oxygen atoms in total. The zero-order valence-electron chi connectivity index (χ0n) is 9.84. The van der Waals surface area contributed by atoms with Gasteiger partial charge in [0.05, 0.1) is 16.2 Å². The number of para-hydroxylation sites is 1. The van der Waals surface area contributed by atoms with Crippen LogP contribution in [-0.2, 0) is 0 Å². The Morgan fingerprint density at radius 3 is 2.75 bits per heavy atom. The first kappa shape index (κ1) is 14.4. The number of benzene rings is 1. The van der Waals surface area contributed by atoms with Crippen molar-refractivity contribution in [1.29, 1.82) is 0 Å². The average Bonchev–Trinajstić information content (AvgIpc) is 2.41. The molecule has 102 valence electrons. The Morgan fingerprint density at radius 1 is 1.40 bits per heavy atom. The third-order valence-corrected chi connectivity index (χ3v) is 3.39. The highest BCUT2D eigenvalue weighted by Crippen LogP contribution is 2.24. The predicted molar refractivity (Wildman–Crippen MR) is 78.0 cm³/mol. The highest BCUT2D eigenvalue weighted by atomic mass is 79.9. The molecule has 2 rings (SSSR count). The minimum Gasteiger partial charge on any atom is -0.321 e. The van der Waals surface area contributed by atoms with E-state index in [-0.39, 0.29) is 16.4 Å². The van der Waals surface area contributed by atoms with Crippen molar-refractivity contribution in [2.24, 2.45) is 0 Å². The molecule has 0 saturated carbocycles. The monoisotopic (exact) mass is 355 g/mol. The number of hydrogen-bond donors (Lipinski definition) is 1. The molecule has 0 bridgehead atoms. The molecular formula is C12H7BrClN3O3. The Morgan fingerprint density at radius 2 is 2.10 bits per heavy atom. The van der Waals surface area contributed by atoms with E-state index in [4.69, 9.17) is 11.6 Å². The summed E-state index contributed by atoms with van der Waals surface area (Å²) in [6, 6.07) is 8.06. The third-order valence-electron chi connectivity index (χ3n) is 2.40. The zero-order chi connectivity index (χ0) is 14.7. The van der Waals surface area contributed by atoms with Crippen LogP contribution in [0.2, 0.25) is 5.15 Å². The van der Waals surface area contributed by atoms with Crippen LogP contribution in [0, 0.1) is 10.1 Å². The van der Waals surface area contributed by atoms with Crippen molar-refractivity contribution in [2.75, 3.05) is 5.32 Å². The van der Waals surface area contributed by atoms with Gasteiger partial charge in [0, 0.05) is 10.5 Å². The lowest BCUT2D eigenvalue weighted by molar-refractivity contribution is -0.385. The SMILES string of the molecule is O=C(Nc1ccccc1Br)c1cc([N+](=O)[O-])cnc1Cl. The molecule has 8 heteroatoms. The lowest BCUT2D eigenvalue weighted by Crippen LogP contribution is -2.13. The number of nitro groups is 1. The van der Waals surface area contributed by atoms with Crippen molar-refractivity contribution in [3.63, 3.8) is 0 Å². The summed E-state index contributed by atoms with van der Waals surface area (Å²) < 4.78 is 0.683. The van der Waals surface area contributed by atoms with Crippen molar-refractivity contribution >= 4 is 44.8 Å². The Hall–Kier alpha value is -1.99. The molecule has 0 saturated heterocycles. The summed E-state index contributed by atoms with van der Waals surface area (Å²) in [6.45, 7) is 0. The van der Waals surface area contributed by atoms with Gasteiger partial charge in [-0.3, -0.25) is 14.9 Å². The molecule has 0 unspecified atom stereocenters. The molecule has 0 fully saturated rings. The second-order valence-corrected chi connectivity index (χ2v) is 4.94. The van der Waals surface area contributed by atoms with Crippen molar-refractivity contribution in [3.05, 3.63) is 61.8 Å². The van der Waals surface area contributed by atoms with Crippen LogP contribution in [0.15, 0.2) is 41.0 Å². The van der Waals surface area contributed by atoms with Crippen LogP contribution in [0.4, 0.5) is 11.4 Å². The highest BCUT2D eigenvalue weighted by molar-refractivity contribution is 9.10. The van der Waals surface area contributed by atoms with Crippen molar-refractivity contribution < 1.29 is 9.72 Å². The largest absolute Gasteiger partial charge is 0.321 e. The molecule has 20 heavy (non-hydrogen) atoms. The van der Waals surface area contributed by atoms with Gasteiger partial charge in [0.2, 0.25) is 0 Å². The first-order valence-electron chi connectivity index (χ1n) is 5.35. The standard InChI is InChI=1S/C12H7BrClN3O3/c13-9-3-1-2-4-10(9)16-12(18)8-5-7(17(19)20)6-15-11(8)14/h1-6H,(H,16,18). The summed E-state index contributed by atoms with van der Waals surface area (Å²) in [7, 11) is 0. The topological polar surface area (TPSA) is 85.1 Å². The summed E-state index contributed by atoms with van der Waals surface area (Å²) in [5.74, 6) is -0.571. The molecule has 0 aliphatic heterocycles. The van der Waals surface area contributed by atoms with Gasteiger partial charge in [-0.05, 0) is 28.1 Å². The van der Waals surface area contributed by atoms with Gasteiger partial charge in [-0.25, -0.2) is 4.98 Å². The maximum Gasteiger partial charge on any atom is 0.288 e. The van der Waals surface area contributed by atoms with E-state index in [9.17, 15) is 14.9 Å². The minimum absolute atomic E-state index is 0.0587. The Balaban J connectivity index is 2.32. The van der Waals surface area contributed by atoms with Gasteiger partial charge in [0.15, 0.2) is 0 Å². The number of carbonyl (C=O) groups is 1. The second kappa shape index (κ2) is 5.98. The summed E-state index contributed by atoms with van der Waals surface area (Å²) in [6.07, 6.45) is 0.998. The van der Waals surface area contributed by atoms with E-state index in [0.717, 1.165) is 12.3 Å². The van der Waals surface area contributed by atoms with Crippen molar-refractivity contribution in [2.45, 2.75) is 0 Å². The quantitative estimate of drug-likeness (QED) is 0.516. The minimum atomic E-state index is -0.640. The van der Waals surface area contributed by atoms with Crippen molar-refractivity contribution in [3.8, 4) is 0 Å². The molecule has 1 heterocycles. The number of halogens is 2. The lowest BCUT2D eigenvalue weighted by Gasteiger charge is -2.07. The van der Waals surface area contributed by atoms with Crippen LogP contribution in [0.1, 0.15) is 10.4 Å². The summed E-state index contributed by atoms with van der Waals surface area (Å²) >= 11 is 9.08. The maximum atomic E-state index is 12.1. The van der Waals surface area contributed by atoms with Gasteiger partial charge in [-0.15, -0.1) is 0 Å². The lowest BCUT2D eigenvalue weighted by atomic mass is 10.2. The van der Waals surface area contributed by atoms with Crippen molar-refractivity contribution in [1.82, 2.24) is 4.98 Å². The molecule has 2 aromatic rings. The fourth-order valence-corrected chi connectivity index (χ4v) is 2.02. The molecule has 0 atom stereocenters. The summed E-state index contributed by atoms with van der Waals surface area (Å²) in [4.78, 5) is 25.8. The molecule has 1 N–H and O–H groups in total. The van der Waals surface area contributed by atoms with E-state index < -0.39 is 10.8 Å². The van der Waals surface area contributed by atoms with Gasteiger partial charge < -0.3 is 5.32 Å². The van der Waals surface area contributed by atoms with E-state index in [1.54, 1.807) is 24.3 Å². The smallest absolute Gasteiger partial charge is 0.288 e. The van der Waals surface area contributed by atoms with Crippen LogP contribution >= 0.6 is 27.5 Å². The molecule has 0 aliphatic rings. The molecule has 0 radical (unpaired) electrons. The van der Waals surface area contributed by atoms with E-state index >= 15 is 0 Å². The first-order valence-corrected chi connectivity index (χ1v) is 6.52. The van der Waals surface area contributed by atoms with E-state index in [1.807, 2.05) is 0 Å². The number of nitrogens with one attached hydrogen (secondary N) is 1. The fraction of sp³-hybridized carbons (Fsp3) is 0. The first-order chi connectivity index (χ1) is 9.49. The van der Waals surface area contributed by atoms with Crippen LogP contribution in [0.25, 0.3) is 0 Å². The number of aromatic nitrogens is 1. The van der Waals surface area contributed by atoms with Crippen LogP contribution < -0.4 is 5.32 Å². The molecule has 0 aliphatic carbocycles. The molecule has 1 aromatic carbocycles. The Labute approximate surface area is 127 Å². The molecule has 1 amide bonds. The molecular weight excluding hydrogens is 350 g/mol. The Bertz CT molecular complexity index is 693. The number of nitrogens with zero attached hydrogens (tertiary/aromatic N) is 2.